The Kier molecular flexibility index (Phi) is 3.23. The number of nitrogens with one attached hydrogen (secondary N) is 1. The highest BCUT2D eigenvalue weighted by atomic mass is 16.6. The van der Waals surface area contributed by atoms with E-state index in [9.17, 15) is 4.79 Å². The van der Waals surface area contributed by atoms with Gasteiger partial charge in [-0.1, -0.05) is 11.6 Å². The van der Waals surface area contributed by atoms with Crippen molar-refractivity contribution in [3.8, 4) is 0 Å². The number of esters is 1. The maximum absolute atomic E-state index is 12.7. The smallest absolute Gasteiger partial charge is 0.315 e. The van der Waals surface area contributed by atoms with Gasteiger partial charge in [-0.3, -0.25) is 4.79 Å². The van der Waals surface area contributed by atoms with Gasteiger partial charge in [-0.25, -0.2) is 0 Å². The van der Waals surface area contributed by atoms with Gasteiger partial charge in [-0.15, -0.1) is 0 Å². The van der Waals surface area contributed by atoms with E-state index in [1.807, 2.05) is 0 Å². The van der Waals surface area contributed by atoms with E-state index in [0.717, 1.165) is 52.1 Å². The minimum atomic E-state index is -0.0858. The van der Waals surface area contributed by atoms with E-state index in [4.69, 9.17) is 14.2 Å². The van der Waals surface area contributed by atoms with Gasteiger partial charge in [0.05, 0.1) is 25.4 Å². The average Bonchev–Trinajstić information content (AvgIpc) is 2.88. The van der Waals surface area contributed by atoms with E-state index in [0.29, 0.717) is 5.92 Å². The minimum Gasteiger partial charge on any atom is -0.461 e. The average molecular weight is 334 g/mol. The molecule has 0 amide bonds. The summed E-state index contributed by atoms with van der Waals surface area (Å²) in [6.45, 7) is 9.00. The molecule has 2 aliphatic carbocycles. The molecule has 1 spiro atoms. The molecule has 5 aliphatic rings. The maximum Gasteiger partial charge on any atom is 0.315 e. The minimum absolute atomic E-state index is 0.0148. The van der Waals surface area contributed by atoms with E-state index < -0.39 is 0 Å². The van der Waals surface area contributed by atoms with Gasteiger partial charge in [0.2, 0.25) is 0 Å². The Balaban J connectivity index is 1.41. The lowest BCUT2D eigenvalue weighted by Crippen LogP contribution is -3.14. The molecular formula is C19H28NO4+. The summed E-state index contributed by atoms with van der Waals surface area (Å²) in [5, 5.41) is 0. The van der Waals surface area contributed by atoms with E-state index in [1.165, 1.54) is 10.5 Å². The van der Waals surface area contributed by atoms with Crippen LogP contribution in [0.2, 0.25) is 0 Å². The highest BCUT2D eigenvalue weighted by Crippen LogP contribution is 2.67. The second-order valence-corrected chi connectivity index (χ2v) is 8.63. The molecule has 4 fully saturated rings. The summed E-state index contributed by atoms with van der Waals surface area (Å²) in [6.07, 6.45) is 5.42. The topological polar surface area (TPSA) is 52.5 Å². The summed E-state index contributed by atoms with van der Waals surface area (Å²) < 4.78 is 17.8. The molecule has 3 saturated heterocycles. The van der Waals surface area contributed by atoms with Crippen LogP contribution in [0.15, 0.2) is 11.6 Å². The lowest BCUT2D eigenvalue weighted by Gasteiger charge is -2.29. The van der Waals surface area contributed by atoms with Crippen molar-refractivity contribution >= 4 is 5.97 Å². The fourth-order valence-corrected chi connectivity index (χ4v) is 5.99. The van der Waals surface area contributed by atoms with Crippen LogP contribution in [-0.4, -0.2) is 56.1 Å². The molecule has 0 bridgehead atoms. The van der Waals surface area contributed by atoms with Gasteiger partial charge in [-0.2, -0.15) is 0 Å². The summed E-state index contributed by atoms with van der Waals surface area (Å²) in [6, 6.07) is 0. The van der Waals surface area contributed by atoms with Crippen LogP contribution in [0.5, 0.6) is 0 Å². The molecule has 3 aliphatic heterocycles. The quantitative estimate of drug-likeness (QED) is 0.450. The van der Waals surface area contributed by atoms with E-state index >= 15 is 0 Å². The fraction of sp³-hybridized carbons (Fsp3) is 0.842. The monoisotopic (exact) mass is 334 g/mol. The van der Waals surface area contributed by atoms with Gasteiger partial charge in [0.15, 0.2) is 0 Å². The van der Waals surface area contributed by atoms with Gasteiger partial charge in [-0.05, 0) is 33.1 Å². The van der Waals surface area contributed by atoms with E-state index in [-0.39, 0.29) is 35.1 Å². The summed E-state index contributed by atoms with van der Waals surface area (Å²) in [4.78, 5) is 14.2. The van der Waals surface area contributed by atoms with Crippen molar-refractivity contribution in [3.63, 3.8) is 0 Å². The Morgan fingerprint density at radius 2 is 2.12 bits per heavy atom. The highest BCUT2D eigenvalue weighted by molar-refractivity contribution is 5.75. The number of ether oxygens (including phenoxy) is 3. The first-order valence-corrected chi connectivity index (χ1v) is 9.53. The summed E-state index contributed by atoms with van der Waals surface area (Å²) in [5.41, 5.74) is 1.26. The molecule has 24 heavy (non-hydrogen) atoms. The number of quaternary nitrogens is 1. The second kappa shape index (κ2) is 5.05. The van der Waals surface area contributed by atoms with Crippen LogP contribution in [0.1, 0.15) is 33.1 Å². The van der Waals surface area contributed by atoms with Crippen LogP contribution < -0.4 is 4.90 Å². The van der Waals surface area contributed by atoms with Gasteiger partial charge >= 0.3 is 5.97 Å². The first-order chi connectivity index (χ1) is 11.5. The summed E-state index contributed by atoms with van der Waals surface area (Å²) in [7, 11) is 0. The molecule has 132 valence electrons. The number of fused-ring (bicyclic) bond motifs is 2. The summed E-state index contributed by atoms with van der Waals surface area (Å²) >= 11 is 0. The number of hydrogen-bond donors (Lipinski definition) is 1. The largest absolute Gasteiger partial charge is 0.461 e. The first kappa shape index (κ1) is 15.4. The van der Waals surface area contributed by atoms with Crippen molar-refractivity contribution in [3.05, 3.63) is 11.6 Å². The zero-order valence-electron chi connectivity index (χ0n) is 14.7. The van der Waals surface area contributed by atoms with Crippen molar-refractivity contribution in [1.82, 2.24) is 0 Å². The predicted molar refractivity (Wildman–Crippen MR) is 86.6 cm³/mol. The fourth-order valence-electron chi connectivity index (χ4n) is 5.99. The zero-order valence-corrected chi connectivity index (χ0v) is 14.7. The lowest BCUT2D eigenvalue weighted by atomic mass is 9.77. The third kappa shape index (κ3) is 1.95. The second-order valence-electron chi connectivity index (χ2n) is 8.63. The van der Waals surface area contributed by atoms with Gasteiger partial charge in [0, 0.05) is 11.8 Å². The Bertz CT molecular complexity index is 598. The first-order valence-electron chi connectivity index (χ1n) is 9.53. The number of morpholine rings is 1. The number of hydrogen-bond acceptors (Lipinski definition) is 4. The Morgan fingerprint density at radius 3 is 2.92 bits per heavy atom. The van der Waals surface area contributed by atoms with Crippen molar-refractivity contribution in [1.29, 1.82) is 0 Å². The van der Waals surface area contributed by atoms with Crippen LogP contribution in [0.25, 0.3) is 0 Å². The molecule has 0 aromatic rings. The molecule has 5 heteroatoms. The van der Waals surface area contributed by atoms with Crippen molar-refractivity contribution in [2.24, 2.45) is 17.8 Å². The van der Waals surface area contributed by atoms with Crippen LogP contribution in [0.4, 0.5) is 0 Å². The van der Waals surface area contributed by atoms with Crippen LogP contribution in [0, 0.1) is 17.8 Å². The molecule has 3 heterocycles. The van der Waals surface area contributed by atoms with Gasteiger partial charge in [0.1, 0.15) is 30.7 Å². The molecule has 0 unspecified atom stereocenters. The van der Waals surface area contributed by atoms with Crippen molar-refractivity contribution in [2.75, 3.05) is 32.8 Å². The van der Waals surface area contributed by atoms with Crippen molar-refractivity contribution < 1.29 is 23.9 Å². The van der Waals surface area contributed by atoms with Gasteiger partial charge < -0.3 is 19.1 Å². The number of carbonyl (C=O) groups is 1. The normalized spacial score (nSPS) is 50.4. The van der Waals surface area contributed by atoms with Crippen LogP contribution >= 0.6 is 0 Å². The third-order valence-electron chi connectivity index (χ3n) is 7.47. The summed E-state index contributed by atoms with van der Waals surface area (Å²) in [5.74, 6) is 0.700. The van der Waals surface area contributed by atoms with E-state index in [2.05, 4.69) is 19.9 Å². The molecular weight excluding hydrogens is 306 g/mol. The number of epoxide rings is 1. The molecule has 5 nitrogen and oxygen atoms in total. The number of rotatable bonds is 2. The Labute approximate surface area is 143 Å². The Morgan fingerprint density at radius 1 is 1.33 bits per heavy atom. The van der Waals surface area contributed by atoms with Crippen LogP contribution in [-0.2, 0) is 19.0 Å². The van der Waals surface area contributed by atoms with E-state index in [1.54, 1.807) is 0 Å². The van der Waals surface area contributed by atoms with Gasteiger partial charge in [0.25, 0.3) is 0 Å². The predicted octanol–water partition coefficient (Wildman–Crippen LogP) is 0.347. The molecule has 0 aromatic carbocycles. The van der Waals surface area contributed by atoms with Crippen LogP contribution in [0.3, 0.4) is 0 Å². The third-order valence-corrected chi connectivity index (χ3v) is 7.47. The molecule has 0 radical (unpaired) electrons. The maximum atomic E-state index is 12.7. The molecule has 5 rings (SSSR count). The highest BCUT2D eigenvalue weighted by Gasteiger charge is 2.76. The lowest BCUT2D eigenvalue weighted by molar-refractivity contribution is -0.910. The SMILES string of the molecule is CC1=CC[C@@]23O[C@]2(C)CC[C@@H]2[C@H](OC(=O)[C@@H]2C[NH+]2CCOCC2)[C@@H]13. The number of carbonyl (C=O) groups excluding carboxylic acids is 1. The van der Waals surface area contributed by atoms with Crippen molar-refractivity contribution in [2.45, 2.75) is 50.4 Å². The molecule has 1 N–H and O–H groups in total. The Hall–Kier alpha value is -0.910. The molecule has 6 atom stereocenters. The standard InChI is InChI=1S/C19H27NO4/c1-12-3-6-19-15(12)16-13(4-5-18(19,2)24-19)14(17(21)23-16)11-20-7-9-22-10-8-20/h3,13-16H,4-11H2,1-2H3/p+1/t13-,14+,15+,16-,18+,19-/m0/s1. The molecule has 0 aromatic heterocycles. The zero-order chi connectivity index (χ0) is 16.5. The molecule has 1 saturated carbocycles.